The van der Waals surface area contributed by atoms with Crippen LogP contribution >= 0.6 is 11.8 Å². The highest BCUT2D eigenvalue weighted by Gasteiger charge is 2.20. The first-order valence-electron chi connectivity index (χ1n) is 4.36. The molecule has 0 aliphatic carbocycles. The molecule has 3 nitrogen and oxygen atoms in total. The molecule has 1 heterocycles. The minimum absolute atomic E-state index is 0.602. The van der Waals surface area contributed by atoms with E-state index in [4.69, 9.17) is 5.73 Å². The molecule has 1 aliphatic rings. The van der Waals surface area contributed by atoms with Gasteiger partial charge in [-0.3, -0.25) is 4.99 Å². The van der Waals surface area contributed by atoms with Crippen molar-refractivity contribution >= 4 is 17.7 Å². The molecule has 2 N–H and O–H groups in total. The van der Waals surface area contributed by atoms with Crippen LogP contribution in [0, 0.1) is 0 Å². The summed E-state index contributed by atoms with van der Waals surface area (Å²) >= 11 is 1.99. The van der Waals surface area contributed by atoms with Crippen LogP contribution < -0.4 is 5.73 Å². The summed E-state index contributed by atoms with van der Waals surface area (Å²) in [4.78, 5) is 6.28. The van der Waals surface area contributed by atoms with Crippen LogP contribution in [0.25, 0.3) is 0 Å². The third-order valence-electron chi connectivity index (χ3n) is 2.13. The summed E-state index contributed by atoms with van der Waals surface area (Å²) in [6.07, 6.45) is 1.24. The van der Waals surface area contributed by atoms with Crippen LogP contribution in [0.3, 0.4) is 0 Å². The lowest BCUT2D eigenvalue weighted by Gasteiger charge is -2.24. The molecule has 0 radical (unpaired) electrons. The Kier molecular flexibility index (Phi) is 3.72. The number of nitrogens with two attached hydrogens (primary N) is 1. The second-order valence-corrected chi connectivity index (χ2v) is 4.11. The molecule has 70 valence electrons. The number of hydrogen-bond acceptors (Lipinski definition) is 2. The second kappa shape index (κ2) is 4.60. The number of guanidine groups is 1. The van der Waals surface area contributed by atoms with E-state index in [2.05, 4.69) is 9.89 Å². The van der Waals surface area contributed by atoms with Crippen LogP contribution in [0.5, 0.6) is 0 Å². The van der Waals surface area contributed by atoms with Crippen molar-refractivity contribution in [1.29, 1.82) is 0 Å². The minimum Gasteiger partial charge on any atom is -0.370 e. The Morgan fingerprint density at radius 3 is 3.00 bits per heavy atom. The van der Waals surface area contributed by atoms with Gasteiger partial charge in [0.25, 0.3) is 0 Å². The fourth-order valence-corrected chi connectivity index (χ4v) is 2.56. The fraction of sp³-hybridized carbons (Fsp3) is 0.875. The van der Waals surface area contributed by atoms with E-state index in [1.54, 1.807) is 0 Å². The van der Waals surface area contributed by atoms with Crippen LogP contribution in [0.4, 0.5) is 0 Å². The summed E-state index contributed by atoms with van der Waals surface area (Å²) in [5.74, 6) is 3.13. The zero-order chi connectivity index (χ0) is 8.97. The maximum Gasteiger partial charge on any atom is 0.191 e. The maximum absolute atomic E-state index is 5.77. The van der Waals surface area contributed by atoms with Gasteiger partial charge >= 0.3 is 0 Å². The molecule has 0 bridgehead atoms. The van der Waals surface area contributed by atoms with Crippen molar-refractivity contribution in [2.24, 2.45) is 10.7 Å². The Balaban J connectivity index is 2.44. The van der Waals surface area contributed by atoms with Crippen LogP contribution in [0.15, 0.2) is 4.99 Å². The van der Waals surface area contributed by atoms with E-state index in [0.29, 0.717) is 12.0 Å². The highest BCUT2D eigenvalue weighted by Crippen LogP contribution is 2.20. The number of aliphatic imine (C=N–C) groups is 1. The van der Waals surface area contributed by atoms with Crippen LogP contribution in [0.2, 0.25) is 0 Å². The third kappa shape index (κ3) is 2.30. The highest BCUT2D eigenvalue weighted by molar-refractivity contribution is 7.99. The second-order valence-electron chi connectivity index (χ2n) is 2.96. The number of rotatable bonds is 2. The van der Waals surface area contributed by atoms with Crippen LogP contribution in [0.1, 0.15) is 13.3 Å². The molecule has 0 saturated carbocycles. The summed E-state index contributed by atoms with van der Waals surface area (Å²) in [6, 6.07) is 0.602. The normalized spacial score (nSPS) is 24.5. The van der Waals surface area contributed by atoms with Crippen molar-refractivity contribution in [3.8, 4) is 0 Å². The van der Waals surface area contributed by atoms with Gasteiger partial charge in [0.2, 0.25) is 0 Å². The molecule has 4 heteroatoms. The first kappa shape index (κ1) is 9.71. The van der Waals surface area contributed by atoms with E-state index in [-0.39, 0.29) is 0 Å². The largest absolute Gasteiger partial charge is 0.370 e. The topological polar surface area (TPSA) is 41.6 Å². The average Bonchev–Trinajstić information content (AvgIpc) is 2.55. The van der Waals surface area contributed by atoms with Crippen LogP contribution in [-0.2, 0) is 0 Å². The van der Waals surface area contributed by atoms with Gasteiger partial charge in [-0.1, -0.05) is 0 Å². The Hall–Kier alpha value is -0.380. The molecule has 0 spiro atoms. The lowest BCUT2D eigenvalue weighted by Crippen LogP contribution is -2.41. The summed E-state index contributed by atoms with van der Waals surface area (Å²) < 4.78 is 0. The lowest BCUT2D eigenvalue weighted by molar-refractivity contribution is 0.392. The number of nitrogens with zero attached hydrogens (tertiary/aromatic N) is 2. The lowest BCUT2D eigenvalue weighted by atomic mass is 10.2. The van der Waals surface area contributed by atoms with E-state index in [1.807, 2.05) is 25.7 Å². The molecule has 1 atom stereocenters. The third-order valence-corrected chi connectivity index (χ3v) is 3.28. The quantitative estimate of drug-likeness (QED) is 0.512. The molecule has 1 rings (SSSR count). The SMILES string of the molecule is CCN=C(N)N(C)C1CCSC1. The van der Waals surface area contributed by atoms with Gasteiger partial charge < -0.3 is 10.6 Å². The van der Waals surface area contributed by atoms with Gasteiger partial charge in [0.15, 0.2) is 5.96 Å². The molecule has 0 aromatic carbocycles. The molecule has 1 aliphatic heterocycles. The summed E-state index contributed by atoms with van der Waals surface area (Å²) in [5, 5.41) is 0. The highest BCUT2D eigenvalue weighted by atomic mass is 32.2. The Morgan fingerprint density at radius 1 is 1.75 bits per heavy atom. The average molecular weight is 187 g/mol. The van der Waals surface area contributed by atoms with E-state index in [0.717, 1.165) is 6.54 Å². The predicted octanol–water partition coefficient (Wildman–Crippen LogP) is 0.758. The predicted molar refractivity (Wildman–Crippen MR) is 55.7 cm³/mol. The monoisotopic (exact) mass is 187 g/mol. The summed E-state index contributed by atoms with van der Waals surface area (Å²) in [6.45, 7) is 2.78. The van der Waals surface area contributed by atoms with E-state index >= 15 is 0 Å². The Morgan fingerprint density at radius 2 is 2.50 bits per heavy atom. The summed E-state index contributed by atoms with van der Waals surface area (Å²) in [7, 11) is 2.03. The van der Waals surface area contributed by atoms with Crippen molar-refractivity contribution in [3.63, 3.8) is 0 Å². The molecule has 0 aromatic rings. The zero-order valence-electron chi connectivity index (χ0n) is 7.79. The van der Waals surface area contributed by atoms with Gasteiger partial charge in [0.1, 0.15) is 0 Å². The Labute approximate surface area is 78.4 Å². The molecule has 0 aromatic heterocycles. The van der Waals surface area contributed by atoms with Crippen molar-refractivity contribution in [2.45, 2.75) is 19.4 Å². The molecule has 1 fully saturated rings. The van der Waals surface area contributed by atoms with Gasteiger partial charge in [-0.25, -0.2) is 0 Å². The van der Waals surface area contributed by atoms with Crippen molar-refractivity contribution < 1.29 is 0 Å². The van der Waals surface area contributed by atoms with E-state index in [9.17, 15) is 0 Å². The number of thioether (sulfide) groups is 1. The fourth-order valence-electron chi connectivity index (χ4n) is 1.29. The van der Waals surface area contributed by atoms with Crippen molar-refractivity contribution in [2.75, 3.05) is 25.1 Å². The van der Waals surface area contributed by atoms with Gasteiger partial charge in [-0.15, -0.1) is 0 Å². The van der Waals surface area contributed by atoms with E-state index < -0.39 is 0 Å². The van der Waals surface area contributed by atoms with Gasteiger partial charge in [0, 0.05) is 25.4 Å². The van der Waals surface area contributed by atoms with Crippen molar-refractivity contribution in [1.82, 2.24) is 4.90 Å². The Bertz CT molecular complexity index is 164. The number of hydrogen-bond donors (Lipinski definition) is 1. The first-order chi connectivity index (χ1) is 5.75. The molecular formula is C8H17N3S. The standard InChI is InChI=1S/C8H17N3S/c1-3-10-8(9)11(2)7-4-5-12-6-7/h7H,3-6H2,1-2H3,(H2,9,10). The summed E-state index contributed by atoms with van der Waals surface area (Å²) in [5.41, 5.74) is 5.77. The van der Waals surface area contributed by atoms with E-state index in [1.165, 1.54) is 17.9 Å². The smallest absolute Gasteiger partial charge is 0.191 e. The van der Waals surface area contributed by atoms with Crippen LogP contribution in [-0.4, -0.2) is 42.0 Å². The first-order valence-corrected chi connectivity index (χ1v) is 5.51. The van der Waals surface area contributed by atoms with Gasteiger partial charge in [-0.05, 0) is 19.1 Å². The molecule has 1 saturated heterocycles. The molecule has 1 unspecified atom stereocenters. The van der Waals surface area contributed by atoms with Gasteiger partial charge in [-0.2, -0.15) is 11.8 Å². The minimum atomic E-state index is 0.602. The molecule has 12 heavy (non-hydrogen) atoms. The maximum atomic E-state index is 5.77. The van der Waals surface area contributed by atoms with Gasteiger partial charge in [0.05, 0.1) is 0 Å². The molecule has 0 amide bonds. The molecular weight excluding hydrogens is 170 g/mol. The van der Waals surface area contributed by atoms with Crippen molar-refractivity contribution in [3.05, 3.63) is 0 Å². The zero-order valence-corrected chi connectivity index (χ0v) is 8.60.